The van der Waals surface area contributed by atoms with Gasteiger partial charge in [-0.1, -0.05) is 23.9 Å². The van der Waals surface area contributed by atoms with Gasteiger partial charge in [-0.2, -0.15) is 0 Å². The van der Waals surface area contributed by atoms with Crippen molar-refractivity contribution in [2.45, 2.75) is 22.0 Å². The van der Waals surface area contributed by atoms with Gasteiger partial charge < -0.3 is 9.47 Å². The number of ether oxygens (including phenoxy) is 2. The van der Waals surface area contributed by atoms with E-state index in [-0.39, 0.29) is 6.29 Å². The number of hydrogen-bond donors (Lipinski definition) is 0. The number of nitrogens with zero attached hydrogens (tertiary/aromatic N) is 1. The summed E-state index contributed by atoms with van der Waals surface area (Å²) < 4.78 is 11.1. The standard InChI is InChI=1S/C15H14ClNO2S/c16-9-11-1-3-12(4-2-11)20-14-5-6-17-10-13(14)15-18-7-8-19-15/h1-6,10,15H,7-9H2. The molecule has 0 spiro atoms. The van der Waals surface area contributed by atoms with Crippen LogP contribution in [0.25, 0.3) is 0 Å². The third kappa shape index (κ3) is 3.15. The van der Waals surface area contributed by atoms with Crippen LogP contribution in [-0.4, -0.2) is 18.2 Å². The highest BCUT2D eigenvalue weighted by atomic mass is 35.5. The molecule has 3 nitrogen and oxygen atoms in total. The predicted octanol–water partition coefficient (Wildman–Crippen LogP) is 4.02. The van der Waals surface area contributed by atoms with Crippen LogP contribution >= 0.6 is 23.4 Å². The fraction of sp³-hybridized carbons (Fsp3) is 0.267. The molecule has 0 saturated carbocycles. The molecule has 0 amide bonds. The van der Waals surface area contributed by atoms with E-state index >= 15 is 0 Å². The second-order valence-electron chi connectivity index (χ2n) is 4.37. The van der Waals surface area contributed by atoms with Gasteiger partial charge in [-0.25, -0.2) is 0 Å². The summed E-state index contributed by atoms with van der Waals surface area (Å²) in [5.41, 5.74) is 2.10. The molecule has 0 atom stereocenters. The number of rotatable bonds is 4. The summed E-state index contributed by atoms with van der Waals surface area (Å²) in [5.74, 6) is 0.537. The van der Waals surface area contributed by atoms with Crippen molar-refractivity contribution in [2.24, 2.45) is 0 Å². The summed E-state index contributed by atoms with van der Waals surface area (Å²) in [7, 11) is 0. The van der Waals surface area contributed by atoms with Crippen molar-refractivity contribution >= 4 is 23.4 Å². The summed E-state index contributed by atoms with van der Waals surface area (Å²) in [6.07, 6.45) is 3.30. The van der Waals surface area contributed by atoms with Gasteiger partial charge in [-0.15, -0.1) is 11.6 Å². The van der Waals surface area contributed by atoms with Crippen molar-refractivity contribution in [1.29, 1.82) is 0 Å². The van der Waals surface area contributed by atoms with E-state index in [4.69, 9.17) is 21.1 Å². The lowest BCUT2D eigenvalue weighted by atomic mass is 10.2. The molecule has 3 rings (SSSR count). The lowest BCUT2D eigenvalue weighted by Crippen LogP contribution is -2.00. The van der Waals surface area contributed by atoms with E-state index < -0.39 is 0 Å². The maximum Gasteiger partial charge on any atom is 0.186 e. The van der Waals surface area contributed by atoms with E-state index in [1.807, 2.05) is 24.4 Å². The molecule has 0 bridgehead atoms. The van der Waals surface area contributed by atoms with Crippen molar-refractivity contribution < 1.29 is 9.47 Å². The van der Waals surface area contributed by atoms with Crippen LogP contribution in [0.2, 0.25) is 0 Å². The maximum absolute atomic E-state index is 5.80. The third-order valence-corrected chi connectivity index (χ3v) is 4.40. The Balaban J connectivity index is 1.82. The van der Waals surface area contributed by atoms with Crippen LogP contribution in [0, 0.1) is 0 Å². The largest absolute Gasteiger partial charge is 0.346 e. The number of aromatic nitrogens is 1. The summed E-state index contributed by atoms with van der Waals surface area (Å²) in [4.78, 5) is 6.43. The van der Waals surface area contributed by atoms with Gasteiger partial charge in [-0.3, -0.25) is 4.98 Å². The van der Waals surface area contributed by atoms with Gasteiger partial charge in [0.25, 0.3) is 0 Å². The predicted molar refractivity (Wildman–Crippen MR) is 79.0 cm³/mol. The Hall–Kier alpha value is -1.07. The molecular formula is C15H14ClNO2S. The van der Waals surface area contributed by atoms with Gasteiger partial charge in [0.05, 0.1) is 13.2 Å². The first-order valence-corrected chi connectivity index (χ1v) is 7.72. The van der Waals surface area contributed by atoms with Crippen LogP contribution in [0.3, 0.4) is 0 Å². The average molecular weight is 308 g/mol. The highest BCUT2D eigenvalue weighted by Crippen LogP contribution is 2.35. The molecule has 1 aliphatic heterocycles. The second kappa shape index (κ2) is 6.59. The Morgan fingerprint density at radius 2 is 1.90 bits per heavy atom. The molecular weight excluding hydrogens is 294 g/mol. The van der Waals surface area contributed by atoms with Gasteiger partial charge in [0, 0.05) is 33.6 Å². The number of pyridine rings is 1. The first-order chi connectivity index (χ1) is 9.86. The normalized spacial score (nSPS) is 15.7. The van der Waals surface area contributed by atoms with E-state index in [2.05, 4.69) is 17.1 Å². The minimum Gasteiger partial charge on any atom is -0.346 e. The SMILES string of the molecule is ClCc1ccc(Sc2ccncc2C2OCCO2)cc1. The molecule has 2 aromatic rings. The van der Waals surface area contributed by atoms with E-state index in [0.29, 0.717) is 19.1 Å². The third-order valence-electron chi connectivity index (χ3n) is 2.99. The Morgan fingerprint density at radius 3 is 2.60 bits per heavy atom. The van der Waals surface area contributed by atoms with Crippen LogP contribution < -0.4 is 0 Å². The van der Waals surface area contributed by atoms with Crippen molar-refractivity contribution in [1.82, 2.24) is 4.98 Å². The first kappa shape index (κ1) is 13.9. The molecule has 2 heterocycles. The smallest absolute Gasteiger partial charge is 0.186 e. The molecule has 1 aromatic carbocycles. The second-order valence-corrected chi connectivity index (χ2v) is 5.75. The van der Waals surface area contributed by atoms with Crippen molar-refractivity contribution in [3.8, 4) is 0 Å². The number of benzene rings is 1. The Morgan fingerprint density at radius 1 is 1.15 bits per heavy atom. The van der Waals surface area contributed by atoms with Gasteiger partial charge in [-0.05, 0) is 23.8 Å². The highest BCUT2D eigenvalue weighted by molar-refractivity contribution is 7.99. The molecule has 104 valence electrons. The molecule has 0 unspecified atom stereocenters. The van der Waals surface area contributed by atoms with Crippen LogP contribution in [0.5, 0.6) is 0 Å². The van der Waals surface area contributed by atoms with E-state index in [9.17, 15) is 0 Å². The van der Waals surface area contributed by atoms with Crippen LogP contribution in [0.1, 0.15) is 17.4 Å². The number of alkyl halides is 1. The van der Waals surface area contributed by atoms with Crippen molar-refractivity contribution in [3.63, 3.8) is 0 Å². The lowest BCUT2D eigenvalue weighted by Gasteiger charge is -2.13. The number of hydrogen-bond acceptors (Lipinski definition) is 4. The summed E-state index contributed by atoms with van der Waals surface area (Å²) in [5, 5.41) is 0. The van der Waals surface area contributed by atoms with Crippen LogP contribution in [0.4, 0.5) is 0 Å². The van der Waals surface area contributed by atoms with Crippen LogP contribution in [0.15, 0.2) is 52.5 Å². The molecule has 1 fully saturated rings. The molecule has 5 heteroatoms. The fourth-order valence-corrected chi connectivity index (χ4v) is 3.08. The molecule has 0 aliphatic carbocycles. The Kier molecular flexibility index (Phi) is 4.58. The van der Waals surface area contributed by atoms with E-state index in [0.717, 1.165) is 20.9 Å². The Bertz CT molecular complexity index is 570. The molecule has 1 saturated heterocycles. The van der Waals surface area contributed by atoms with Gasteiger partial charge in [0.1, 0.15) is 0 Å². The molecule has 1 aromatic heterocycles. The maximum atomic E-state index is 5.80. The average Bonchev–Trinajstić information content (AvgIpc) is 3.03. The molecule has 1 aliphatic rings. The monoisotopic (exact) mass is 307 g/mol. The summed E-state index contributed by atoms with van der Waals surface area (Å²) >= 11 is 7.48. The quantitative estimate of drug-likeness (QED) is 0.799. The molecule has 0 radical (unpaired) electrons. The zero-order valence-corrected chi connectivity index (χ0v) is 12.4. The van der Waals surface area contributed by atoms with E-state index in [1.54, 1.807) is 18.0 Å². The minimum atomic E-state index is -0.298. The van der Waals surface area contributed by atoms with Gasteiger partial charge >= 0.3 is 0 Å². The fourth-order valence-electron chi connectivity index (χ4n) is 1.98. The summed E-state index contributed by atoms with van der Waals surface area (Å²) in [6.45, 7) is 1.27. The zero-order chi connectivity index (χ0) is 13.8. The molecule has 0 N–H and O–H groups in total. The lowest BCUT2D eigenvalue weighted by molar-refractivity contribution is -0.0462. The molecule has 20 heavy (non-hydrogen) atoms. The minimum absolute atomic E-state index is 0.298. The Labute approximate surface area is 127 Å². The topological polar surface area (TPSA) is 31.4 Å². The van der Waals surface area contributed by atoms with Crippen LogP contribution in [-0.2, 0) is 15.4 Å². The van der Waals surface area contributed by atoms with Gasteiger partial charge in [0.15, 0.2) is 6.29 Å². The van der Waals surface area contributed by atoms with E-state index in [1.165, 1.54) is 0 Å². The first-order valence-electron chi connectivity index (χ1n) is 6.36. The zero-order valence-electron chi connectivity index (χ0n) is 10.8. The highest BCUT2D eigenvalue weighted by Gasteiger charge is 2.21. The van der Waals surface area contributed by atoms with Crippen molar-refractivity contribution in [3.05, 3.63) is 53.9 Å². The van der Waals surface area contributed by atoms with Crippen molar-refractivity contribution in [2.75, 3.05) is 13.2 Å². The number of halogens is 1. The van der Waals surface area contributed by atoms with Gasteiger partial charge in [0.2, 0.25) is 0 Å². The summed E-state index contributed by atoms with van der Waals surface area (Å²) in [6, 6.07) is 10.2.